The van der Waals surface area contributed by atoms with E-state index in [-0.39, 0.29) is 5.41 Å². The van der Waals surface area contributed by atoms with Gasteiger partial charge in [-0.15, -0.1) is 0 Å². The molecule has 1 aliphatic heterocycles. The average Bonchev–Trinajstić information content (AvgIpc) is 2.38. The molecule has 1 N–H and O–H groups in total. The molecule has 0 saturated carbocycles. The third-order valence-corrected chi connectivity index (χ3v) is 4.13. The van der Waals surface area contributed by atoms with Crippen LogP contribution in [-0.2, 0) is 5.41 Å². The Morgan fingerprint density at radius 1 is 1.19 bits per heavy atom. The quantitative estimate of drug-likeness (QED) is 0.905. The van der Waals surface area contributed by atoms with Crippen LogP contribution in [0, 0.1) is 6.92 Å². The van der Waals surface area contributed by atoms with Crippen LogP contribution in [0.1, 0.15) is 39.1 Å². The molecule has 1 unspecified atom stereocenters. The van der Waals surface area contributed by atoms with E-state index in [1.54, 1.807) is 0 Å². The van der Waals surface area contributed by atoms with Gasteiger partial charge >= 0.3 is 0 Å². The lowest BCUT2D eigenvalue weighted by Crippen LogP contribution is -2.51. The minimum Gasteiger partial charge on any atom is -0.373 e. The number of hydrogen-bond acceptors (Lipinski definition) is 5. The molecule has 0 aromatic carbocycles. The summed E-state index contributed by atoms with van der Waals surface area (Å²) in [6, 6.07) is 0.467. The molecule has 2 heterocycles. The third-order valence-electron chi connectivity index (χ3n) is 4.13. The van der Waals surface area contributed by atoms with Crippen LogP contribution in [-0.4, -0.2) is 54.6 Å². The molecule has 1 aromatic heterocycles. The minimum absolute atomic E-state index is 0.0517. The zero-order chi connectivity index (χ0) is 15.8. The molecule has 1 fully saturated rings. The van der Waals surface area contributed by atoms with E-state index in [9.17, 15) is 0 Å². The van der Waals surface area contributed by atoms with E-state index in [1.165, 1.54) is 0 Å². The summed E-state index contributed by atoms with van der Waals surface area (Å²) in [5, 5.41) is 3.22. The van der Waals surface area contributed by atoms with Crippen molar-refractivity contribution in [3.8, 4) is 0 Å². The third kappa shape index (κ3) is 3.28. The number of nitrogens with one attached hydrogen (secondary N) is 1. The van der Waals surface area contributed by atoms with E-state index < -0.39 is 0 Å². The fourth-order valence-corrected chi connectivity index (χ4v) is 2.82. The largest absolute Gasteiger partial charge is 0.373 e. The van der Waals surface area contributed by atoms with Gasteiger partial charge in [-0.25, -0.2) is 9.97 Å². The first-order chi connectivity index (χ1) is 9.74. The van der Waals surface area contributed by atoms with Crippen molar-refractivity contribution in [3.63, 3.8) is 0 Å². The van der Waals surface area contributed by atoms with Crippen molar-refractivity contribution in [2.24, 2.45) is 0 Å². The van der Waals surface area contributed by atoms with Crippen LogP contribution in [0.25, 0.3) is 0 Å². The molecule has 0 aliphatic carbocycles. The summed E-state index contributed by atoms with van der Waals surface area (Å²) in [5.41, 5.74) is 1.09. The van der Waals surface area contributed by atoms with Gasteiger partial charge in [0.25, 0.3) is 0 Å². The van der Waals surface area contributed by atoms with Crippen molar-refractivity contribution < 1.29 is 0 Å². The molecule has 1 saturated heterocycles. The van der Waals surface area contributed by atoms with Gasteiger partial charge in [-0.3, -0.25) is 0 Å². The van der Waals surface area contributed by atoms with Gasteiger partial charge in [0.05, 0.1) is 0 Å². The molecule has 118 valence electrons. The summed E-state index contributed by atoms with van der Waals surface area (Å²) in [7, 11) is 4.11. The van der Waals surface area contributed by atoms with Crippen molar-refractivity contribution in [1.29, 1.82) is 0 Å². The molecule has 21 heavy (non-hydrogen) atoms. The highest BCUT2D eigenvalue weighted by atomic mass is 15.3. The monoisotopic (exact) mass is 291 g/mol. The zero-order valence-corrected chi connectivity index (χ0v) is 14.5. The van der Waals surface area contributed by atoms with Gasteiger partial charge in [0.15, 0.2) is 0 Å². The number of hydrogen-bond donors (Lipinski definition) is 1. The van der Waals surface area contributed by atoms with Crippen molar-refractivity contribution in [3.05, 3.63) is 11.4 Å². The Kier molecular flexibility index (Phi) is 4.42. The highest BCUT2D eigenvalue weighted by Gasteiger charge is 2.27. The second kappa shape index (κ2) is 5.79. The second-order valence-electron chi connectivity index (χ2n) is 7.15. The first-order valence-electron chi connectivity index (χ1n) is 7.76. The standard InChI is InChI=1S/C16H29N5/c1-11-10-20(7)8-9-21(11)14-12(2)13(17-6)18-15(19-14)16(3,4)5/h11H,8-10H2,1-7H3,(H,17,18,19). The number of nitrogens with zero attached hydrogens (tertiary/aromatic N) is 4. The van der Waals surface area contributed by atoms with E-state index in [0.29, 0.717) is 6.04 Å². The molecule has 0 spiro atoms. The number of aromatic nitrogens is 2. The van der Waals surface area contributed by atoms with Gasteiger partial charge in [0, 0.05) is 43.7 Å². The first-order valence-corrected chi connectivity index (χ1v) is 7.76. The maximum Gasteiger partial charge on any atom is 0.138 e. The first kappa shape index (κ1) is 16.0. The van der Waals surface area contributed by atoms with E-state index in [4.69, 9.17) is 9.97 Å². The Hall–Kier alpha value is -1.36. The molecule has 0 bridgehead atoms. The lowest BCUT2D eigenvalue weighted by molar-refractivity contribution is 0.274. The lowest BCUT2D eigenvalue weighted by atomic mass is 9.95. The Labute approximate surface area is 128 Å². The van der Waals surface area contributed by atoms with Gasteiger partial charge in [0.1, 0.15) is 17.5 Å². The zero-order valence-electron chi connectivity index (χ0n) is 14.5. The highest BCUT2D eigenvalue weighted by Crippen LogP contribution is 2.30. The van der Waals surface area contributed by atoms with Crippen molar-refractivity contribution in [1.82, 2.24) is 14.9 Å². The SMILES string of the molecule is CNc1nc(C(C)(C)C)nc(N2CCN(C)CC2C)c1C. The minimum atomic E-state index is -0.0517. The topological polar surface area (TPSA) is 44.3 Å². The maximum atomic E-state index is 4.91. The van der Waals surface area contributed by atoms with E-state index >= 15 is 0 Å². The molecule has 5 nitrogen and oxygen atoms in total. The van der Waals surface area contributed by atoms with Crippen LogP contribution in [0.3, 0.4) is 0 Å². The van der Waals surface area contributed by atoms with Crippen LogP contribution in [0.4, 0.5) is 11.6 Å². The van der Waals surface area contributed by atoms with E-state index in [2.05, 4.69) is 56.8 Å². The normalized spacial score (nSPS) is 20.7. The number of likely N-dealkylation sites (N-methyl/N-ethyl adjacent to an activating group) is 1. The van der Waals surface area contributed by atoms with Crippen molar-refractivity contribution >= 4 is 11.6 Å². The number of anilines is 2. The van der Waals surface area contributed by atoms with Gasteiger partial charge in [-0.1, -0.05) is 20.8 Å². The van der Waals surface area contributed by atoms with Crippen LogP contribution < -0.4 is 10.2 Å². The molecule has 2 rings (SSSR count). The summed E-state index contributed by atoms with van der Waals surface area (Å²) in [6.45, 7) is 14.0. The maximum absolute atomic E-state index is 4.91. The van der Waals surface area contributed by atoms with Crippen LogP contribution in [0.2, 0.25) is 0 Å². The van der Waals surface area contributed by atoms with Gasteiger partial charge in [-0.05, 0) is 20.9 Å². The molecule has 5 heteroatoms. The summed E-state index contributed by atoms with van der Waals surface area (Å²) < 4.78 is 0. The predicted octanol–water partition coefficient (Wildman–Crippen LogP) is 2.26. The van der Waals surface area contributed by atoms with Gasteiger partial charge in [-0.2, -0.15) is 0 Å². The predicted molar refractivity (Wildman–Crippen MR) is 89.3 cm³/mol. The molecule has 0 radical (unpaired) electrons. The number of piperazine rings is 1. The molecule has 1 aromatic rings. The Balaban J connectivity index is 2.47. The number of rotatable bonds is 2. The van der Waals surface area contributed by atoms with E-state index in [1.807, 2.05) is 7.05 Å². The summed E-state index contributed by atoms with van der Waals surface area (Å²) in [5.74, 6) is 2.93. The smallest absolute Gasteiger partial charge is 0.138 e. The van der Waals surface area contributed by atoms with Crippen molar-refractivity contribution in [2.75, 3.05) is 43.9 Å². The lowest BCUT2D eigenvalue weighted by Gasteiger charge is -2.40. The summed E-state index contributed by atoms with van der Waals surface area (Å²) in [6.07, 6.45) is 0. The van der Waals surface area contributed by atoms with Gasteiger partial charge < -0.3 is 15.1 Å². The highest BCUT2D eigenvalue weighted by molar-refractivity contribution is 5.59. The Bertz CT molecular complexity index is 506. The summed E-state index contributed by atoms with van der Waals surface area (Å²) in [4.78, 5) is 14.4. The van der Waals surface area contributed by atoms with E-state index in [0.717, 1.165) is 42.7 Å². The molecular weight excluding hydrogens is 262 g/mol. The molecule has 1 atom stereocenters. The Morgan fingerprint density at radius 2 is 1.86 bits per heavy atom. The van der Waals surface area contributed by atoms with Crippen LogP contribution >= 0.6 is 0 Å². The second-order valence-corrected chi connectivity index (χ2v) is 7.15. The summed E-state index contributed by atoms with van der Waals surface area (Å²) >= 11 is 0. The van der Waals surface area contributed by atoms with Crippen LogP contribution in [0.15, 0.2) is 0 Å². The average molecular weight is 291 g/mol. The van der Waals surface area contributed by atoms with Gasteiger partial charge in [0.2, 0.25) is 0 Å². The Morgan fingerprint density at radius 3 is 2.38 bits per heavy atom. The van der Waals surface area contributed by atoms with Crippen LogP contribution in [0.5, 0.6) is 0 Å². The fourth-order valence-electron chi connectivity index (χ4n) is 2.82. The molecular formula is C16H29N5. The fraction of sp³-hybridized carbons (Fsp3) is 0.750. The molecule has 0 amide bonds. The van der Waals surface area contributed by atoms with Crippen molar-refractivity contribution in [2.45, 2.75) is 46.1 Å². The molecule has 1 aliphatic rings.